The van der Waals surface area contributed by atoms with Crippen molar-refractivity contribution < 1.29 is 4.79 Å². The summed E-state index contributed by atoms with van der Waals surface area (Å²) in [5.74, 6) is 1.64. The molecule has 4 heterocycles. The molecule has 0 spiro atoms. The number of nitrogens with one attached hydrogen (secondary N) is 2. The number of pyridine rings is 1. The summed E-state index contributed by atoms with van der Waals surface area (Å²) >= 11 is 0. The minimum Gasteiger partial charge on any atom is -0.357 e. The lowest BCUT2D eigenvalue weighted by Gasteiger charge is -2.35. The number of H-pyrrole nitrogens is 1. The highest BCUT2D eigenvalue weighted by Gasteiger charge is 2.28. The quantitative estimate of drug-likeness (QED) is 0.842. The molecule has 0 atom stereocenters. The van der Waals surface area contributed by atoms with E-state index in [1.165, 1.54) is 0 Å². The lowest BCUT2D eigenvalue weighted by atomic mass is 9.95. The van der Waals surface area contributed by atoms with Crippen molar-refractivity contribution in [2.75, 3.05) is 37.6 Å². The number of piperidine rings is 1. The van der Waals surface area contributed by atoms with E-state index in [1.54, 1.807) is 0 Å². The van der Waals surface area contributed by atoms with Crippen LogP contribution >= 0.6 is 0 Å². The zero-order chi connectivity index (χ0) is 18.6. The first-order chi connectivity index (χ1) is 13.3. The summed E-state index contributed by atoms with van der Waals surface area (Å²) in [6.45, 7) is 7.24. The Labute approximate surface area is 160 Å². The van der Waals surface area contributed by atoms with Gasteiger partial charge in [-0.25, -0.2) is 4.98 Å². The van der Waals surface area contributed by atoms with Gasteiger partial charge >= 0.3 is 0 Å². The Morgan fingerprint density at radius 2 is 2.19 bits per heavy atom. The third-order valence-corrected chi connectivity index (χ3v) is 5.74. The van der Waals surface area contributed by atoms with Crippen molar-refractivity contribution in [2.24, 2.45) is 5.92 Å². The van der Waals surface area contributed by atoms with Gasteiger partial charge in [0.25, 0.3) is 5.91 Å². The van der Waals surface area contributed by atoms with Crippen LogP contribution in [-0.4, -0.2) is 58.7 Å². The molecule has 1 saturated heterocycles. The van der Waals surface area contributed by atoms with Gasteiger partial charge in [-0.2, -0.15) is 5.10 Å². The summed E-state index contributed by atoms with van der Waals surface area (Å²) < 4.78 is 0. The number of hydrogen-bond donors (Lipinski definition) is 2. The molecular formula is C20H28N6O. The second kappa shape index (κ2) is 8.08. The highest BCUT2D eigenvalue weighted by Crippen LogP contribution is 2.24. The summed E-state index contributed by atoms with van der Waals surface area (Å²) in [5, 5.41) is 10.7. The van der Waals surface area contributed by atoms with E-state index in [0.29, 0.717) is 18.2 Å². The number of anilines is 1. The summed E-state index contributed by atoms with van der Waals surface area (Å²) in [6, 6.07) is 6.05. The molecule has 0 bridgehead atoms. The Morgan fingerprint density at radius 1 is 1.33 bits per heavy atom. The minimum absolute atomic E-state index is 0.0610. The molecule has 1 fully saturated rings. The first-order valence-electron chi connectivity index (χ1n) is 9.98. The van der Waals surface area contributed by atoms with Crippen LogP contribution in [0.2, 0.25) is 0 Å². The molecule has 144 valence electrons. The Kier molecular flexibility index (Phi) is 5.38. The van der Waals surface area contributed by atoms with Crippen molar-refractivity contribution in [2.45, 2.75) is 32.7 Å². The predicted molar refractivity (Wildman–Crippen MR) is 105 cm³/mol. The molecule has 0 saturated carbocycles. The first kappa shape index (κ1) is 18.0. The van der Waals surface area contributed by atoms with E-state index in [2.05, 4.69) is 38.4 Å². The third-order valence-electron chi connectivity index (χ3n) is 5.74. The van der Waals surface area contributed by atoms with Gasteiger partial charge < -0.3 is 15.1 Å². The maximum absolute atomic E-state index is 13.1. The zero-order valence-corrected chi connectivity index (χ0v) is 15.9. The number of nitrogens with zero attached hydrogens (tertiary/aromatic N) is 4. The molecule has 7 heteroatoms. The van der Waals surface area contributed by atoms with Gasteiger partial charge in [-0.05, 0) is 37.8 Å². The molecule has 27 heavy (non-hydrogen) atoms. The fourth-order valence-corrected chi connectivity index (χ4v) is 4.10. The Balaban J connectivity index is 1.37. The number of carbonyl (C=O) groups is 1. The van der Waals surface area contributed by atoms with Crippen LogP contribution in [0.15, 0.2) is 24.4 Å². The number of rotatable bonds is 5. The lowest BCUT2D eigenvalue weighted by molar-refractivity contribution is 0.0722. The van der Waals surface area contributed by atoms with Gasteiger partial charge in [0.05, 0.1) is 0 Å². The van der Waals surface area contributed by atoms with Gasteiger partial charge in [-0.3, -0.25) is 9.89 Å². The number of carbonyl (C=O) groups excluding carboxylic acids is 1. The fraction of sp³-hybridized carbons (Fsp3) is 0.550. The third kappa shape index (κ3) is 3.83. The molecule has 2 N–H and O–H groups in total. The van der Waals surface area contributed by atoms with Crippen LogP contribution in [0.5, 0.6) is 0 Å². The van der Waals surface area contributed by atoms with Crippen LogP contribution < -0.4 is 10.2 Å². The van der Waals surface area contributed by atoms with Gasteiger partial charge in [0.15, 0.2) is 5.69 Å². The Hall–Kier alpha value is -2.41. The molecule has 2 aliphatic rings. The second-order valence-electron chi connectivity index (χ2n) is 7.42. The number of aromatic nitrogens is 3. The van der Waals surface area contributed by atoms with E-state index < -0.39 is 0 Å². The van der Waals surface area contributed by atoms with E-state index in [-0.39, 0.29) is 5.91 Å². The van der Waals surface area contributed by atoms with E-state index >= 15 is 0 Å². The maximum Gasteiger partial charge on any atom is 0.274 e. The normalized spacial score (nSPS) is 17.6. The molecule has 2 aliphatic heterocycles. The standard InChI is InChI=1S/C20H28N6O/c1-2-25(20(27)19-16-13-21-10-6-17(16)23-24-19)14-15-7-11-26(12-8-15)18-5-3-4-9-22-18/h3-5,9,15,21H,2,6-8,10-14H2,1H3,(H,23,24). The second-order valence-corrected chi connectivity index (χ2v) is 7.42. The molecule has 7 nitrogen and oxygen atoms in total. The van der Waals surface area contributed by atoms with E-state index in [4.69, 9.17) is 0 Å². The van der Waals surface area contributed by atoms with Gasteiger partial charge in [0.1, 0.15) is 5.82 Å². The van der Waals surface area contributed by atoms with Crippen LogP contribution in [-0.2, 0) is 13.0 Å². The van der Waals surface area contributed by atoms with Crippen LogP contribution in [0.3, 0.4) is 0 Å². The topological polar surface area (TPSA) is 77.2 Å². The maximum atomic E-state index is 13.1. The molecule has 2 aromatic heterocycles. The first-order valence-corrected chi connectivity index (χ1v) is 9.98. The SMILES string of the molecule is CCN(CC1CCN(c2ccccn2)CC1)C(=O)c1n[nH]c2c1CNCC2. The summed E-state index contributed by atoms with van der Waals surface area (Å²) in [7, 11) is 0. The smallest absolute Gasteiger partial charge is 0.274 e. The number of hydrogen-bond acceptors (Lipinski definition) is 5. The van der Waals surface area contributed by atoms with E-state index in [0.717, 1.165) is 69.1 Å². The minimum atomic E-state index is 0.0610. The van der Waals surface area contributed by atoms with Gasteiger partial charge in [0.2, 0.25) is 0 Å². The van der Waals surface area contributed by atoms with Crippen molar-refractivity contribution in [3.05, 3.63) is 41.3 Å². The number of amides is 1. The van der Waals surface area contributed by atoms with Crippen molar-refractivity contribution >= 4 is 11.7 Å². The summed E-state index contributed by atoms with van der Waals surface area (Å²) in [4.78, 5) is 21.8. The van der Waals surface area contributed by atoms with Crippen LogP contribution in [0, 0.1) is 5.92 Å². The average Bonchev–Trinajstić information content (AvgIpc) is 3.17. The van der Waals surface area contributed by atoms with E-state index in [9.17, 15) is 4.79 Å². The lowest BCUT2D eigenvalue weighted by Crippen LogP contribution is -2.41. The number of aromatic amines is 1. The highest BCUT2D eigenvalue weighted by molar-refractivity contribution is 5.94. The molecule has 0 radical (unpaired) electrons. The van der Waals surface area contributed by atoms with Crippen LogP contribution in [0.4, 0.5) is 5.82 Å². The number of fused-ring (bicyclic) bond motifs is 1. The molecule has 1 amide bonds. The van der Waals surface area contributed by atoms with Crippen molar-refractivity contribution in [3.8, 4) is 0 Å². The van der Waals surface area contributed by atoms with Gasteiger partial charge in [0, 0.05) is 63.1 Å². The van der Waals surface area contributed by atoms with Gasteiger partial charge in [-0.15, -0.1) is 0 Å². The Morgan fingerprint density at radius 3 is 2.93 bits per heavy atom. The summed E-state index contributed by atoms with van der Waals surface area (Å²) in [6.07, 6.45) is 4.92. The molecule has 0 unspecified atom stereocenters. The molecule has 0 aromatic carbocycles. The van der Waals surface area contributed by atoms with Crippen molar-refractivity contribution in [1.29, 1.82) is 0 Å². The van der Waals surface area contributed by atoms with Crippen molar-refractivity contribution in [1.82, 2.24) is 25.4 Å². The largest absolute Gasteiger partial charge is 0.357 e. The summed E-state index contributed by atoms with van der Waals surface area (Å²) in [5.41, 5.74) is 2.76. The molecular weight excluding hydrogens is 340 g/mol. The van der Waals surface area contributed by atoms with Crippen LogP contribution in [0.25, 0.3) is 0 Å². The van der Waals surface area contributed by atoms with Crippen LogP contribution in [0.1, 0.15) is 41.5 Å². The molecule has 4 rings (SSSR count). The average molecular weight is 368 g/mol. The molecule has 2 aromatic rings. The van der Waals surface area contributed by atoms with E-state index in [1.807, 2.05) is 23.2 Å². The zero-order valence-electron chi connectivity index (χ0n) is 15.9. The fourth-order valence-electron chi connectivity index (χ4n) is 4.10. The monoisotopic (exact) mass is 368 g/mol. The Bertz CT molecular complexity index is 766. The predicted octanol–water partition coefficient (Wildman–Crippen LogP) is 1.83. The highest BCUT2D eigenvalue weighted by atomic mass is 16.2. The molecule has 0 aliphatic carbocycles. The van der Waals surface area contributed by atoms with Crippen molar-refractivity contribution in [3.63, 3.8) is 0 Å². The van der Waals surface area contributed by atoms with Gasteiger partial charge in [-0.1, -0.05) is 6.07 Å².